The average Bonchev–Trinajstić information content (AvgIpc) is 3.09. The van der Waals surface area contributed by atoms with E-state index in [1.54, 1.807) is 13.0 Å². The lowest BCUT2D eigenvalue weighted by atomic mass is 10.0. The lowest BCUT2D eigenvalue weighted by Gasteiger charge is -2.27. The molecule has 2 N–H and O–H groups in total. The van der Waals surface area contributed by atoms with Crippen LogP contribution in [-0.4, -0.2) is 24.5 Å². The molecule has 0 bridgehead atoms. The van der Waals surface area contributed by atoms with E-state index in [-0.39, 0.29) is 17.9 Å². The van der Waals surface area contributed by atoms with Crippen molar-refractivity contribution in [3.05, 3.63) is 52.2 Å². The van der Waals surface area contributed by atoms with Crippen LogP contribution in [0.25, 0.3) is 0 Å². The highest BCUT2D eigenvalue weighted by atomic mass is 32.1. The van der Waals surface area contributed by atoms with Gasteiger partial charge in [-0.25, -0.2) is 0 Å². The fraction of sp³-hybridized carbons (Fsp3) is 0.294. The molecule has 0 saturated carbocycles. The summed E-state index contributed by atoms with van der Waals surface area (Å²) >= 11 is 1.35. The topological polar surface area (TPSA) is 67.4 Å². The largest absolute Gasteiger partial charge is 0.493 e. The zero-order valence-corrected chi connectivity index (χ0v) is 13.6. The first kappa shape index (κ1) is 15.6. The molecule has 0 radical (unpaired) electrons. The Bertz CT molecular complexity index is 700. The van der Waals surface area contributed by atoms with Gasteiger partial charge in [0.15, 0.2) is 0 Å². The number of benzene rings is 1. The summed E-state index contributed by atoms with van der Waals surface area (Å²) in [7, 11) is 0. The number of ether oxygens (including phenoxy) is 1. The minimum Gasteiger partial charge on any atom is -0.493 e. The van der Waals surface area contributed by atoms with Crippen LogP contribution in [0.3, 0.4) is 0 Å². The highest BCUT2D eigenvalue weighted by Crippen LogP contribution is 2.31. The molecule has 2 amide bonds. The van der Waals surface area contributed by atoms with Crippen molar-refractivity contribution in [1.82, 2.24) is 10.6 Å². The maximum atomic E-state index is 12.4. The van der Waals surface area contributed by atoms with Gasteiger partial charge < -0.3 is 15.4 Å². The van der Waals surface area contributed by atoms with E-state index in [0.717, 1.165) is 11.3 Å². The molecular weight excluding hydrogens is 312 g/mol. The van der Waals surface area contributed by atoms with Crippen molar-refractivity contribution < 1.29 is 14.3 Å². The molecule has 1 aromatic heterocycles. The molecule has 2 atom stereocenters. The number of hydrogen-bond donors (Lipinski definition) is 2. The molecule has 3 rings (SSSR count). The number of carbonyl (C=O) groups excluding carboxylic acids is 2. The van der Waals surface area contributed by atoms with Gasteiger partial charge in [-0.1, -0.05) is 24.3 Å². The molecule has 0 spiro atoms. The quantitative estimate of drug-likeness (QED) is 0.905. The second kappa shape index (κ2) is 6.83. The Balaban J connectivity index is 1.62. The number of fused-ring (bicyclic) bond motifs is 1. The van der Waals surface area contributed by atoms with Crippen LogP contribution in [0.1, 0.15) is 34.6 Å². The molecule has 1 aliphatic heterocycles. The minimum atomic E-state index is -0.598. The van der Waals surface area contributed by atoms with Crippen molar-refractivity contribution in [1.29, 1.82) is 0 Å². The summed E-state index contributed by atoms with van der Waals surface area (Å²) in [5, 5.41) is 7.55. The number of para-hydroxylation sites is 1. The molecule has 0 aliphatic carbocycles. The van der Waals surface area contributed by atoms with E-state index in [0.29, 0.717) is 17.9 Å². The summed E-state index contributed by atoms with van der Waals surface area (Å²) in [6.07, 6.45) is 0.717. The Kier molecular flexibility index (Phi) is 4.62. The van der Waals surface area contributed by atoms with Gasteiger partial charge in [-0.2, -0.15) is 0 Å². The fourth-order valence-corrected chi connectivity index (χ4v) is 3.16. The van der Waals surface area contributed by atoms with Gasteiger partial charge in [0.25, 0.3) is 5.91 Å². The van der Waals surface area contributed by atoms with E-state index >= 15 is 0 Å². The zero-order valence-electron chi connectivity index (χ0n) is 12.7. The summed E-state index contributed by atoms with van der Waals surface area (Å²) in [5.41, 5.74) is 0.976. The normalized spacial score (nSPS) is 17.5. The van der Waals surface area contributed by atoms with Crippen LogP contribution < -0.4 is 15.4 Å². The van der Waals surface area contributed by atoms with Crippen LogP contribution in [0.4, 0.5) is 0 Å². The van der Waals surface area contributed by atoms with Gasteiger partial charge in [0.05, 0.1) is 17.5 Å². The summed E-state index contributed by atoms with van der Waals surface area (Å²) in [5.74, 6) is 0.381. The predicted octanol–water partition coefficient (Wildman–Crippen LogP) is 2.51. The molecule has 120 valence electrons. The van der Waals surface area contributed by atoms with Crippen LogP contribution in [0, 0.1) is 0 Å². The summed E-state index contributed by atoms with van der Waals surface area (Å²) in [6, 6.07) is 10.5. The smallest absolute Gasteiger partial charge is 0.261 e. The third kappa shape index (κ3) is 3.53. The first-order valence-corrected chi connectivity index (χ1v) is 8.39. The van der Waals surface area contributed by atoms with E-state index in [9.17, 15) is 9.59 Å². The molecule has 1 aromatic carbocycles. The van der Waals surface area contributed by atoms with E-state index in [1.807, 2.05) is 35.7 Å². The van der Waals surface area contributed by atoms with Crippen LogP contribution in [0.2, 0.25) is 0 Å². The average molecular weight is 330 g/mol. The monoisotopic (exact) mass is 330 g/mol. The van der Waals surface area contributed by atoms with Gasteiger partial charge in [0, 0.05) is 12.0 Å². The molecule has 6 heteroatoms. The maximum absolute atomic E-state index is 12.4. The Morgan fingerprint density at radius 1 is 1.26 bits per heavy atom. The molecule has 0 unspecified atom stereocenters. The molecule has 1 aliphatic rings. The molecule has 5 nitrogen and oxygen atoms in total. The third-order valence-corrected chi connectivity index (χ3v) is 4.63. The highest BCUT2D eigenvalue weighted by molar-refractivity contribution is 7.12. The van der Waals surface area contributed by atoms with Crippen molar-refractivity contribution in [3.63, 3.8) is 0 Å². The molecule has 0 saturated heterocycles. The van der Waals surface area contributed by atoms with Gasteiger partial charge in [-0.3, -0.25) is 9.59 Å². The molecule has 2 heterocycles. The summed E-state index contributed by atoms with van der Waals surface area (Å²) in [4.78, 5) is 25.0. The third-order valence-electron chi connectivity index (χ3n) is 3.76. The van der Waals surface area contributed by atoms with Crippen molar-refractivity contribution in [2.75, 3.05) is 6.61 Å². The number of carbonyl (C=O) groups is 2. The number of thiophene rings is 1. The van der Waals surface area contributed by atoms with Crippen molar-refractivity contribution >= 4 is 23.2 Å². The van der Waals surface area contributed by atoms with Crippen LogP contribution in [-0.2, 0) is 4.79 Å². The summed E-state index contributed by atoms with van der Waals surface area (Å²) < 4.78 is 5.59. The summed E-state index contributed by atoms with van der Waals surface area (Å²) in [6.45, 7) is 2.25. The van der Waals surface area contributed by atoms with Gasteiger partial charge in [-0.05, 0) is 24.4 Å². The Labute approximate surface area is 138 Å². The molecule has 23 heavy (non-hydrogen) atoms. The molecule has 2 aromatic rings. The van der Waals surface area contributed by atoms with Crippen molar-refractivity contribution in [2.24, 2.45) is 0 Å². The van der Waals surface area contributed by atoms with E-state index < -0.39 is 6.04 Å². The Hall–Kier alpha value is -2.34. The van der Waals surface area contributed by atoms with Crippen LogP contribution in [0.15, 0.2) is 41.8 Å². The Morgan fingerprint density at radius 2 is 2.09 bits per heavy atom. The van der Waals surface area contributed by atoms with Gasteiger partial charge in [0.1, 0.15) is 11.8 Å². The number of amides is 2. The number of hydrogen-bond acceptors (Lipinski definition) is 4. The Morgan fingerprint density at radius 3 is 2.87 bits per heavy atom. The zero-order chi connectivity index (χ0) is 16.2. The first-order chi connectivity index (χ1) is 11.1. The highest BCUT2D eigenvalue weighted by Gasteiger charge is 2.25. The van der Waals surface area contributed by atoms with E-state index in [2.05, 4.69) is 10.6 Å². The SMILES string of the molecule is C[C@@H](NC(=O)c1cccs1)C(=O)N[C@@H]1CCOc2ccccc21. The number of nitrogens with one attached hydrogen (secondary N) is 2. The molecule has 0 fully saturated rings. The number of rotatable bonds is 4. The van der Waals surface area contributed by atoms with E-state index in [1.165, 1.54) is 11.3 Å². The maximum Gasteiger partial charge on any atom is 0.261 e. The van der Waals surface area contributed by atoms with Crippen molar-refractivity contribution in [3.8, 4) is 5.75 Å². The van der Waals surface area contributed by atoms with Crippen molar-refractivity contribution in [2.45, 2.75) is 25.4 Å². The van der Waals surface area contributed by atoms with Crippen LogP contribution >= 0.6 is 11.3 Å². The standard InChI is InChI=1S/C17H18N2O3S/c1-11(18-17(21)15-7-4-10-23-15)16(20)19-13-8-9-22-14-6-3-2-5-12(13)14/h2-7,10-11,13H,8-9H2,1H3,(H,18,21)(H,19,20)/t11-,13-/m1/s1. The lowest BCUT2D eigenvalue weighted by molar-refractivity contribution is -0.123. The van der Waals surface area contributed by atoms with E-state index in [4.69, 9.17) is 4.74 Å². The minimum absolute atomic E-state index is 0.0893. The van der Waals surface area contributed by atoms with Gasteiger partial charge >= 0.3 is 0 Å². The van der Waals surface area contributed by atoms with Gasteiger partial charge in [-0.15, -0.1) is 11.3 Å². The van der Waals surface area contributed by atoms with Gasteiger partial charge in [0.2, 0.25) is 5.91 Å². The second-order valence-corrected chi connectivity index (χ2v) is 6.36. The second-order valence-electron chi connectivity index (χ2n) is 5.41. The molecular formula is C17H18N2O3S. The van der Waals surface area contributed by atoms with Crippen LogP contribution in [0.5, 0.6) is 5.75 Å². The first-order valence-electron chi connectivity index (χ1n) is 7.51. The lowest BCUT2D eigenvalue weighted by Crippen LogP contribution is -2.46. The predicted molar refractivity (Wildman–Crippen MR) is 88.7 cm³/mol. The fourth-order valence-electron chi connectivity index (χ4n) is 2.53.